The Bertz CT molecular complexity index is 881. The quantitative estimate of drug-likeness (QED) is 0.339. The second kappa shape index (κ2) is 11.8. The first-order chi connectivity index (χ1) is 15.1. The lowest BCUT2D eigenvalue weighted by Gasteiger charge is -2.38. The highest BCUT2D eigenvalue weighted by molar-refractivity contribution is 5.58. The molecule has 1 atom stereocenters. The van der Waals surface area contributed by atoms with Gasteiger partial charge in [-0.3, -0.25) is 0 Å². The number of hydrogen-bond donors (Lipinski definition) is 0. The largest absolute Gasteiger partial charge is 0.496 e. The SMILES string of the molecule is COc1c(C)c(C)c2c(c1C)CC[C@@](C)(CC/C=C(\C)CC/C=C(\C)CCC=C(C)C)O2. The maximum atomic E-state index is 6.66. The van der Waals surface area contributed by atoms with Crippen LogP contribution in [0.4, 0.5) is 0 Å². The van der Waals surface area contributed by atoms with Crippen LogP contribution < -0.4 is 9.47 Å². The topological polar surface area (TPSA) is 18.5 Å². The number of hydrogen-bond acceptors (Lipinski definition) is 2. The zero-order chi connectivity index (χ0) is 23.9. The van der Waals surface area contributed by atoms with Gasteiger partial charge in [0, 0.05) is 5.56 Å². The van der Waals surface area contributed by atoms with Crippen LogP contribution in [0, 0.1) is 20.8 Å². The van der Waals surface area contributed by atoms with Gasteiger partial charge in [0.2, 0.25) is 0 Å². The minimum absolute atomic E-state index is 0.0938. The molecule has 1 aromatic rings. The van der Waals surface area contributed by atoms with Crippen molar-refractivity contribution in [2.75, 3.05) is 7.11 Å². The Morgan fingerprint density at radius 3 is 2.06 bits per heavy atom. The van der Waals surface area contributed by atoms with E-state index in [-0.39, 0.29) is 5.60 Å². The average Bonchev–Trinajstić information content (AvgIpc) is 2.72. The molecule has 1 aliphatic rings. The van der Waals surface area contributed by atoms with Crippen LogP contribution in [0.15, 0.2) is 34.9 Å². The molecule has 0 spiro atoms. The molecule has 0 saturated heterocycles. The number of benzene rings is 1. The monoisotopic (exact) mass is 438 g/mol. The van der Waals surface area contributed by atoms with Crippen LogP contribution in [0.2, 0.25) is 0 Å². The summed E-state index contributed by atoms with van der Waals surface area (Å²) in [6, 6.07) is 0. The van der Waals surface area contributed by atoms with Gasteiger partial charge in [-0.15, -0.1) is 0 Å². The Morgan fingerprint density at radius 1 is 0.875 bits per heavy atom. The van der Waals surface area contributed by atoms with E-state index in [0.717, 1.165) is 56.4 Å². The van der Waals surface area contributed by atoms with Crippen LogP contribution in [-0.2, 0) is 6.42 Å². The first-order valence-electron chi connectivity index (χ1n) is 12.4. The predicted molar refractivity (Wildman–Crippen MR) is 139 cm³/mol. The Morgan fingerprint density at radius 2 is 1.47 bits per heavy atom. The second-order valence-electron chi connectivity index (χ2n) is 10.3. The standard InChI is InChI=1S/C30H46O2/c1-21(2)13-10-14-22(3)15-11-16-23(4)17-12-19-30(8)20-18-27-26(7)28(31-9)24(5)25(6)29(27)32-30/h13,15,17H,10-12,14,16,18-20H2,1-9H3/b22-15+,23-17+/t30-/m1/s1. The van der Waals surface area contributed by atoms with E-state index in [4.69, 9.17) is 9.47 Å². The summed E-state index contributed by atoms with van der Waals surface area (Å²) in [6.07, 6.45) is 16.1. The third-order valence-corrected chi connectivity index (χ3v) is 7.06. The maximum Gasteiger partial charge on any atom is 0.127 e. The summed E-state index contributed by atoms with van der Waals surface area (Å²) < 4.78 is 12.3. The van der Waals surface area contributed by atoms with Crippen molar-refractivity contribution in [2.45, 2.75) is 112 Å². The summed E-state index contributed by atoms with van der Waals surface area (Å²) in [5.74, 6) is 2.12. The second-order valence-corrected chi connectivity index (χ2v) is 10.3. The van der Waals surface area contributed by atoms with E-state index in [1.54, 1.807) is 7.11 Å². The molecule has 2 rings (SSSR count). The van der Waals surface area contributed by atoms with Gasteiger partial charge in [0.15, 0.2) is 0 Å². The third kappa shape index (κ3) is 7.02. The average molecular weight is 439 g/mol. The zero-order valence-corrected chi connectivity index (χ0v) is 22.2. The van der Waals surface area contributed by atoms with Crippen molar-refractivity contribution >= 4 is 0 Å². The predicted octanol–water partition coefficient (Wildman–Crippen LogP) is 8.90. The lowest BCUT2D eigenvalue weighted by atomic mass is 9.85. The molecule has 0 aliphatic carbocycles. The van der Waals surface area contributed by atoms with E-state index in [9.17, 15) is 0 Å². The van der Waals surface area contributed by atoms with E-state index in [2.05, 4.69) is 73.6 Å². The molecular formula is C30H46O2. The molecule has 0 radical (unpaired) electrons. The third-order valence-electron chi connectivity index (χ3n) is 7.06. The number of fused-ring (bicyclic) bond motifs is 1. The van der Waals surface area contributed by atoms with E-state index in [0.29, 0.717) is 0 Å². The lowest BCUT2D eigenvalue weighted by Crippen LogP contribution is -2.37. The molecule has 0 N–H and O–H groups in total. The molecule has 2 heteroatoms. The van der Waals surface area contributed by atoms with Crippen molar-refractivity contribution in [3.05, 3.63) is 57.2 Å². The summed E-state index contributed by atoms with van der Waals surface area (Å²) in [4.78, 5) is 0. The highest BCUT2D eigenvalue weighted by Gasteiger charge is 2.34. The normalized spacial score (nSPS) is 18.8. The highest BCUT2D eigenvalue weighted by atomic mass is 16.5. The van der Waals surface area contributed by atoms with Crippen molar-refractivity contribution in [3.63, 3.8) is 0 Å². The van der Waals surface area contributed by atoms with Crippen LogP contribution in [0.5, 0.6) is 11.5 Å². The molecule has 1 heterocycles. The Hall–Kier alpha value is -1.96. The zero-order valence-electron chi connectivity index (χ0n) is 22.2. The molecule has 0 saturated carbocycles. The number of allylic oxidation sites excluding steroid dienone is 6. The van der Waals surface area contributed by atoms with Crippen LogP contribution in [0.1, 0.15) is 102 Å². The van der Waals surface area contributed by atoms with Gasteiger partial charge in [0.25, 0.3) is 0 Å². The Kier molecular flexibility index (Phi) is 9.67. The molecule has 178 valence electrons. The van der Waals surface area contributed by atoms with Gasteiger partial charge in [-0.2, -0.15) is 0 Å². The summed E-state index contributed by atoms with van der Waals surface area (Å²) in [5.41, 5.74) is 9.33. The fourth-order valence-electron chi connectivity index (χ4n) is 4.73. The van der Waals surface area contributed by atoms with Gasteiger partial charge >= 0.3 is 0 Å². The van der Waals surface area contributed by atoms with Crippen LogP contribution >= 0.6 is 0 Å². The Balaban J connectivity index is 1.91. The molecule has 0 amide bonds. The molecule has 0 bridgehead atoms. The summed E-state index contributed by atoms with van der Waals surface area (Å²) in [6.45, 7) is 17.6. The number of methoxy groups -OCH3 is 1. The smallest absolute Gasteiger partial charge is 0.127 e. The number of ether oxygens (including phenoxy) is 2. The van der Waals surface area contributed by atoms with Crippen LogP contribution in [0.3, 0.4) is 0 Å². The molecule has 1 aromatic carbocycles. The molecule has 0 aromatic heterocycles. The molecule has 0 unspecified atom stereocenters. The molecular weight excluding hydrogens is 392 g/mol. The van der Waals surface area contributed by atoms with Crippen molar-refractivity contribution in [1.29, 1.82) is 0 Å². The highest BCUT2D eigenvalue weighted by Crippen LogP contribution is 2.44. The van der Waals surface area contributed by atoms with Gasteiger partial charge in [-0.25, -0.2) is 0 Å². The fourth-order valence-corrected chi connectivity index (χ4v) is 4.73. The van der Waals surface area contributed by atoms with E-state index < -0.39 is 0 Å². The van der Waals surface area contributed by atoms with Gasteiger partial charge in [-0.1, -0.05) is 34.9 Å². The van der Waals surface area contributed by atoms with Gasteiger partial charge in [-0.05, 0) is 123 Å². The molecule has 1 aliphatic heterocycles. The minimum atomic E-state index is -0.0938. The van der Waals surface area contributed by atoms with Crippen molar-refractivity contribution in [3.8, 4) is 11.5 Å². The lowest BCUT2D eigenvalue weighted by molar-refractivity contribution is 0.0558. The summed E-state index contributed by atoms with van der Waals surface area (Å²) in [5, 5.41) is 0. The Labute approximate surface area is 197 Å². The van der Waals surface area contributed by atoms with Crippen molar-refractivity contribution in [2.24, 2.45) is 0 Å². The fraction of sp³-hybridized carbons (Fsp3) is 0.600. The number of rotatable bonds is 10. The minimum Gasteiger partial charge on any atom is -0.496 e. The maximum absolute atomic E-state index is 6.66. The molecule has 0 fully saturated rings. The first-order valence-corrected chi connectivity index (χ1v) is 12.4. The van der Waals surface area contributed by atoms with E-state index >= 15 is 0 Å². The van der Waals surface area contributed by atoms with Crippen molar-refractivity contribution in [1.82, 2.24) is 0 Å². The van der Waals surface area contributed by atoms with Crippen LogP contribution in [0.25, 0.3) is 0 Å². The van der Waals surface area contributed by atoms with E-state index in [1.807, 2.05) is 0 Å². The summed E-state index contributed by atoms with van der Waals surface area (Å²) in [7, 11) is 1.77. The first kappa shape index (κ1) is 26.3. The van der Waals surface area contributed by atoms with Crippen LogP contribution in [-0.4, -0.2) is 12.7 Å². The van der Waals surface area contributed by atoms with Gasteiger partial charge in [0.1, 0.15) is 17.1 Å². The van der Waals surface area contributed by atoms with Gasteiger partial charge < -0.3 is 9.47 Å². The summed E-state index contributed by atoms with van der Waals surface area (Å²) >= 11 is 0. The van der Waals surface area contributed by atoms with Crippen molar-refractivity contribution < 1.29 is 9.47 Å². The molecule has 2 nitrogen and oxygen atoms in total. The molecule has 32 heavy (non-hydrogen) atoms. The van der Waals surface area contributed by atoms with Gasteiger partial charge in [0.05, 0.1) is 7.11 Å². The van der Waals surface area contributed by atoms with E-state index in [1.165, 1.54) is 45.4 Å².